The van der Waals surface area contributed by atoms with Crippen LogP contribution in [0.1, 0.15) is 49.9 Å². The van der Waals surface area contributed by atoms with Gasteiger partial charge in [-0.2, -0.15) is 0 Å². The van der Waals surface area contributed by atoms with E-state index in [-0.39, 0.29) is 0 Å². The Morgan fingerprint density at radius 2 is 1.96 bits per heavy atom. The van der Waals surface area contributed by atoms with E-state index in [0.29, 0.717) is 24.5 Å². The summed E-state index contributed by atoms with van der Waals surface area (Å²) < 4.78 is 11.4. The van der Waals surface area contributed by atoms with Crippen molar-refractivity contribution in [3.8, 4) is 11.5 Å². The molecule has 0 aromatic heterocycles. The zero-order valence-corrected chi connectivity index (χ0v) is 14.4. The first-order valence-electron chi connectivity index (χ1n) is 8.80. The van der Waals surface area contributed by atoms with Crippen LogP contribution in [0.15, 0.2) is 18.2 Å². The SMILES string of the molecule is CCOc1cc(C=O)ccc1OCCCCN1CCC(C)CC1. The molecule has 0 aliphatic carbocycles. The molecule has 0 N–H and O–H groups in total. The van der Waals surface area contributed by atoms with Crippen molar-refractivity contribution in [2.45, 2.75) is 39.5 Å². The monoisotopic (exact) mass is 319 g/mol. The van der Waals surface area contributed by atoms with Gasteiger partial charge in [-0.3, -0.25) is 4.79 Å². The highest BCUT2D eigenvalue weighted by molar-refractivity contribution is 5.76. The summed E-state index contributed by atoms with van der Waals surface area (Å²) in [4.78, 5) is 13.4. The summed E-state index contributed by atoms with van der Waals surface area (Å²) in [6, 6.07) is 5.32. The Hall–Kier alpha value is -1.55. The van der Waals surface area contributed by atoms with E-state index in [0.717, 1.165) is 30.8 Å². The summed E-state index contributed by atoms with van der Waals surface area (Å²) in [6.07, 6.45) is 5.68. The number of ether oxygens (including phenoxy) is 2. The molecule has 1 heterocycles. The van der Waals surface area contributed by atoms with Gasteiger partial charge in [-0.05, 0) is 76.4 Å². The Morgan fingerprint density at radius 3 is 2.65 bits per heavy atom. The molecule has 0 radical (unpaired) electrons. The number of piperidine rings is 1. The van der Waals surface area contributed by atoms with Crippen molar-refractivity contribution in [1.29, 1.82) is 0 Å². The number of benzene rings is 1. The molecule has 2 rings (SSSR count). The van der Waals surface area contributed by atoms with E-state index in [1.165, 1.54) is 32.5 Å². The van der Waals surface area contributed by atoms with Crippen molar-refractivity contribution in [2.75, 3.05) is 32.8 Å². The number of aldehydes is 1. The van der Waals surface area contributed by atoms with Crippen LogP contribution in [0.2, 0.25) is 0 Å². The first-order valence-corrected chi connectivity index (χ1v) is 8.80. The highest BCUT2D eigenvalue weighted by Gasteiger charge is 2.14. The Balaban J connectivity index is 1.70. The van der Waals surface area contributed by atoms with Crippen molar-refractivity contribution < 1.29 is 14.3 Å². The van der Waals surface area contributed by atoms with Crippen LogP contribution in [0, 0.1) is 5.92 Å². The average molecular weight is 319 g/mol. The molecule has 1 aromatic rings. The summed E-state index contributed by atoms with van der Waals surface area (Å²) in [7, 11) is 0. The van der Waals surface area contributed by atoms with Gasteiger partial charge in [-0.25, -0.2) is 0 Å². The van der Waals surface area contributed by atoms with E-state index < -0.39 is 0 Å². The summed E-state index contributed by atoms with van der Waals surface area (Å²) in [6.45, 7) is 9.16. The van der Waals surface area contributed by atoms with E-state index in [1.807, 2.05) is 13.0 Å². The maximum Gasteiger partial charge on any atom is 0.161 e. The average Bonchev–Trinajstić information content (AvgIpc) is 2.57. The molecule has 0 amide bonds. The molecule has 23 heavy (non-hydrogen) atoms. The highest BCUT2D eigenvalue weighted by Crippen LogP contribution is 2.28. The fourth-order valence-electron chi connectivity index (χ4n) is 2.89. The fraction of sp³-hybridized carbons (Fsp3) is 0.632. The number of hydrogen-bond acceptors (Lipinski definition) is 4. The Kier molecular flexibility index (Phi) is 7.40. The standard InChI is InChI=1S/C19H29NO3/c1-3-22-19-14-17(15-21)6-7-18(19)23-13-5-4-10-20-11-8-16(2)9-12-20/h6-7,14-16H,3-5,8-13H2,1-2H3. The first-order chi connectivity index (χ1) is 11.2. The molecule has 4 nitrogen and oxygen atoms in total. The first kappa shape index (κ1) is 17.8. The van der Waals surface area contributed by atoms with Crippen LogP contribution in [0.25, 0.3) is 0 Å². The number of carbonyl (C=O) groups excluding carboxylic acids is 1. The van der Waals surface area contributed by atoms with Gasteiger partial charge in [-0.15, -0.1) is 0 Å². The van der Waals surface area contributed by atoms with Crippen molar-refractivity contribution in [3.63, 3.8) is 0 Å². The van der Waals surface area contributed by atoms with Crippen molar-refractivity contribution in [1.82, 2.24) is 4.90 Å². The van der Waals surface area contributed by atoms with Crippen molar-refractivity contribution in [3.05, 3.63) is 23.8 Å². The maximum absolute atomic E-state index is 10.8. The molecular formula is C19H29NO3. The van der Waals surface area contributed by atoms with Gasteiger partial charge in [0.15, 0.2) is 11.5 Å². The molecule has 0 bridgehead atoms. The smallest absolute Gasteiger partial charge is 0.161 e. The number of carbonyl (C=O) groups is 1. The topological polar surface area (TPSA) is 38.8 Å². The van der Waals surface area contributed by atoms with Gasteiger partial charge in [0.25, 0.3) is 0 Å². The van der Waals surface area contributed by atoms with Crippen molar-refractivity contribution >= 4 is 6.29 Å². The summed E-state index contributed by atoms with van der Waals surface area (Å²) in [5, 5.41) is 0. The number of unbranched alkanes of at least 4 members (excludes halogenated alkanes) is 1. The van der Waals surface area contributed by atoms with Gasteiger partial charge < -0.3 is 14.4 Å². The van der Waals surface area contributed by atoms with Crippen LogP contribution in [0.5, 0.6) is 11.5 Å². The zero-order valence-electron chi connectivity index (χ0n) is 14.4. The number of nitrogens with zero attached hydrogens (tertiary/aromatic N) is 1. The summed E-state index contributed by atoms with van der Waals surface area (Å²) in [5.74, 6) is 2.27. The second-order valence-corrected chi connectivity index (χ2v) is 6.34. The molecule has 0 spiro atoms. The zero-order chi connectivity index (χ0) is 16.5. The van der Waals surface area contributed by atoms with Gasteiger partial charge in [0, 0.05) is 5.56 Å². The van der Waals surface area contributed by atoms with Gasteiger partial charge in [0.2, 0.25) is 0 Å². The van der Waals surface area contributed by atoms with Gasteiger partial charge in [0.05, 0.1) is 13.2 Å². The molecule has 1 aliphatic rings. The molecular weight excluding hydrogens is 290 g/mol. The van der Waals surface area contributed by atoms with Crippen LogP contribution in [-0.2, 0) is 0 Å². The lowest BCUT2D eigenvalue weighted by molar-refractivity contribution is 0.112. The van der Waals surface area contributed by atoms with Crippen LogP contribution in [-0.4, -0.2) is 44.0 Å². The van der Waals surface area contributed by atoms with E-state index >= 15 is 0 Å². The lowest BCUT2D eigenvalue weighted by Crippen LogP contribution is -2.33. The van der Waals surface area contributed by atoms with Crippen LogP contribution >= 0.6 is 0 Å². The Morgan fingerprint density at radius 1 is 1.17 bits per heavy atom. The molecule has 0 unspecified atom stereocenters. The van der Waals surface area contributed by atoms with Crippen LogP contribution < -0.4 is 9.47 Å². The Bertz CT molecular complexity index is 482. The normalized spacial score (nSPS) is 16.3. The largest absolute Gasteiger partial charge is 0.490 e. The third-order valence-corrected chi connectivity index (χ3v) is 4.41. The number of hydrogen-bond donors (Lipinski definition) is 0. The molecule has 1 saturated heterocycles. The summed E-state index contributed by atoms with van der Waals surface area (Å²) in [5.41, 5.74) is 0.611. The minimum atomic E-state index is 0.562. The van der Waals surface area contributed by atoms with Crippen LogP contribution in [0.4, 0.5) is 0 Å². The fourth-order valence-corrected chi connectivity index (χ4v) is 2.89. The third-order valence-electron chi connectivity index (χ3n) is 4.41. The van der Waals surface area contributed by atoms with Crippen molar-refractivity contribution in [2.24, 2.45) is 5.92 Å². The minimum absolute atomic E-state index is 0.562. The molecule has 1 aliphatic heterocycles. The molecule has 0 atom stereocenters. The second-order valence-electron chi connectivity index (χ2n) is 6.34. The van der Waals surface area contributed by atoms with E-state index in [9.17, 15) is 4.79 Å². The molecule has 4 heteroatoms. The maximum atomic E-state index is 10.8. The highest BCUT2D eigenvalue weighted by atomic mass is 16.5. The molecule has 1 aromatic carbocycles. The Labute approximate surface area is 139 Å². The predicted octanol–water partition coefficient (Wildman–Crippen LogP) is 3.79. The lowest BCUT2D eigenvalue weighted by atomic mass is 9.99. The quantitative estimate of drug-likeness (QED) is 0.513. The number of rotatable bonds is 9. The second kappa shape index (κ2) is 9.56. The molecule has 0 saturated carbocycles. The lowest BCUT2D eigenvalue weighted by Gasteiger charge is -2.30. The van der Waals surface area contributed by atoms with Gasteiger partial charge in [-0.1, -0.05) is 6.92 Å². The van der Waals surface area contributed by atoms with E-state index in [4.69, 9.17) is 9.47 Å². The van der Waals surface area contributed by atoms with Crippen LogP contribution in [0.3, 0.4) is 0 Å². The van der Waals surface area contributed by atoms with E-state index in [1.54, 1.807) is 12.1 Å². The van der Waals surface area contributed by atoms with Gasteiger partial charge in [0.1, 0.15) is 6.29 Å². The molecule has 1 fully saturated rings. The van der Waals surface area contributed by atoms with Gasteiger partial charge >= 0.3 is 0 Å². The number of likely N-dealkylation sites (tertiary alicyclic amines) is 1. The third kappa shape index (κ3) is 5.87. The predicted molar refractivity (Wildman–Crippen MR) is 92.6 cm³/mol. The van der Waals surface area contributed by atoms with E-state index in [2.05, 4.69) is 11.8 Å². The molecule has 128 valence electrons. The minimum Gasteiger partial charge on any atom is -0.490 e. The summed E-state index contributed by atoms with van der Waals surface area (Å²) >= 11 is 0.